The molecule has 5 nitrogen and oxygen atoms in total. The molecule has 0 spiro atoms. The number of amides is 1. The molecule has 1 heterocycles. The number of carbonyl (C=O) groups excluding carboxylic acids is 1. The van der Waals surface area contributed by atoms with E-state index in [1.54, 1.807) is 6.33 Å². The Bertz CT molecular complexity index is 697. The zero-order valence-electron chi connectivity index (χ0n) is 13.6. The third-order valence-electron chi connectivity index (χ3n) is 4.32. The first-order valence-electron chi connectivity index (χ1n) is 8.20. The van der Waals surface area contributed by atoms with Crippen molar-refractivity contribution in [1.82, 2.24) is 20.1 Å². The van der Waals surface area contributed by atoms with Gasteiger partial charge in [-0.3, -0.25) is 9.36 Å². The lowest BCUT2D eigenvalue weighted by atomic mass is 9.87. The van der Waals surface area contributed by atoms with Crippen LogP contribution in [0.2, 0.25) is 5.02 Å². The standard InChI is InChI=1S/C17H21ClN4OS/c1-12-5-7-14(8-6-12)20-16(23)10-24-17-21-19-11-22(17)15-4-2-3-13(18)9-15/h2-4,9,11-12,14H,5-8,10H2,1H3,(H,20,23). The van der Waals surface area contributed by atoms with Gasteiger partial charge in [-0.1, -0.05) is 36.4 Å². The molecule has 1 aromatic heterocycles. The van der Waals surface area contributed by atoms with Crippen molar-refractivity contribution in [2.24, 2.45) is 5.92 Å². The first-order chi connectivity index (χ1) is 11.6. The van der Waals surface area contributed by atoms with Crippen molar-refractivity contribution in [3.63, 3.8) is 0 Å². The number of hydrogen-bond acceptors (Lipinski definition) is 4. The Balaban J connectivity index is 1.56. The smallest absolute Gasteiger partial charge is 0.230 e. The number of nitrogens with one attached hydrogen (secondary N) is 1. The summed E-state index contributed by atoms with van der Waals surface area (Å²) >= 11 is 7.42. The highest BCUT2D eigenvalue weighted by Crippen LogP contribution is 2.24. The predicted molar refractivity (Wildman–Crippen MR) is 96.7 cm³/mol. The zero-order chi connectivity index (χ0) is 16.9. The molecular weight excluding hydrogens is 344 g/mol. The van der Waals surface area contributed by atoms with Crippen molar-refractivity contribution in [3.8, 4) is 5.69 Å². The first kappa shape index (κ1) is 17.3. The Morgan fingerprint density at radius 3 is 2.92 bits per heavy atom. The minimum absolute atomic E-state index is 0.0557. The van der Waals surface area contributed by atoms with Gasteiger partial charge < -0.3 is 5.32 Å². The fourth-order valence-electron chi connectivity index (χ4n) is 2.93. The van der Waals surface area contributed by atoms with Gasteiger partial charge in [0.2, 0.25) is 5.91 Å². The number of hydrogen-bond donors (Lipinski definition) is 1. The summed E-state index contributed by atoms with van der Waals surface area (Å²) in [5.74, 6) is 1.18. The van der Waals surface area contributed by atoms with Gasteiger partial charge in [-0.2, -0.15) is 0 Å². The van der Waals surface area contributed by atoms with Crippen LogP contribution in [-0.2, 0) is 4.79 Å². The lowest BCUT2D eigenvalue weighted by molar-refractivity contribution is -0.119. The lowest BCUT2D eigenvalue weighted by Crippen LogP contribution is -2.38. The van der Waals surface area contributed by atoms with Crippen molar-refractivity contribution in [1.29, 1.82) is 0 Å². The predicted octanol–water partition coefficient (Wildman–Crippen LogP) is 3.71. The number of thioether (sulfide) groups is 1. The van der Waals surface area contributed by atoms with E-state index in [4.69, 9.17) is 11.6 Å². The molecule has 7 heteroatoms. The molecule has 0 bridgehead atoms. The second kappa shape index (κ2) is 8.03. The maximum Gasteiger partial charge on any atom is 0.230 e. The Kier molecular flexibility index (Phi) is 5.79. The van der Waals surface area contributed by atoms with Crippen LogP contribution >= 0.6 is 23.4 Å². The molecule has 0 unspecified atom stereocenters. The van der Waals surface area contributed by atoms with E-state index < -0.39 is 0 Å². The molecule has 1 aliphatic rings. The quantitative estimate of drug-likeness (QED) is 0.821. The highest BCUT2D eigenvalue weighted by molar-refractivity contribution is 7.99. The van der Waals surface area contributed by atoms with E-state index in [1.165, 1.54) is 24.6 Å². The van der Waals surface area contributed by atoms with Crippen molar-refractivity contribution in [2.75, 3.05) is 5.75 Å². The molecule has 3 rings (SSSR count). The minimum Gasteiger partial charge on any atom is -0.353 e. The second-order valence-corrected chi connectivity index (χ2v) is 7.66. The van der Waals surface area contributed by atoms with Crippen molar-refractivity contribution in [2.45, 2.75) is 43.8 Å². The summed E-state index contributed by atoms with van der Waals surface area (Å²) in [6.07, 6.45) is 6.18. The fourth-order valence-corrected chi connectivity index (χ4v) is 3.85. The SMILES string of the molecule is CC1CCC(NC(=O)CSc2nncn2-c2cccc(Cl)c2)CC1. The fraction of sp³-hybridized carbons (Fsp3) is 0.471. The van der Waals surface area contributed by atoms with E-state index in [0.717, 1.165) is 24.4 Å². The van der Waals surface area contributed by atoms with Crippen LogP contribution < -0.4 is 5.32 Å². The molecule has 1 amide bonds. The summed E-state index contributed by atoms with van der Waals surface area (Å²) in [5, 5.41) is 12.5. The number of benzene rings is 1. The first-order valence-corrected chi connectivity index (χ1v) is 9.56. The summed E-state index contributed by atoms with van der Waals surface area (Å²) in [4.78, 5) is 12.2. The molecule has 1 saturated carbocycles. The van der Waals surface area contributed by atoms with Gasteiger partial charge >= 0.3 is 0 Å². The summed E-state index contributed by atoms with van der Waals surface area (Å²) in [7, 11) is 0. The normalized spacial score (nSPS) is 20.8. The largest absolute Gasteiger partial charge is 0.353 e. The molecule has 0 saturated heterocycles. The molecule has 1 N–H and O–H groups in total. The van der Waals surface area contributed by atoms with E-state index in [0.29, 0.717) is 22.0 Å². The maximum absolute atomic E-state index is 12.2. The van der Waals surface area contributed by atoms with Gasteiger partial charge in [0.15, 0.2) is 5.16 Å². The van der Waals surface area contributed by atoms with E-state index in [1.807, 2.05) is 28.8 Å². The average molecular weight is 365 g/mol. The Hall–Kier alpha value is -1.53. The molecule has 2 aromatic rings. The van der Waals surface area contributed by atoms with E-state index >= 15 is 0 Å². The summed E-state index contributed by atoms with van der Waals surface area (Å²) in [6, 6.07) is 7.80. The van der Waals surface area contributed by atoms with Gasteiger partial charge in [-0.15, -0.1) is 10.2 Å². The molecule has 128 valence electrons. The van der Waals surface area contributed by atoms with Crippen molar-refractivity contribution >= 4 is 29.3 Å². The molecule has 0 atom stereocenters. The number of rotatable bonds is 5. The molecule has 24 heavy (non-hydrogen) atoms. The number of carbonyl (C=O) groups is 1. The second-order valence-electron chi connectivity index (χ2n) is 6.28. The van der Waals surface area contributed by atoms with Crippen LogP contribution in [0.5, 0.6) is 0 Å². The molecule has 0 aliphatic heterocycles. The van der Waals surface area contributed by atoms with Gasteiger partial charge in [0, 0.05) is 11.1 Å². The lowest BCUT2D eigenvalue weighted by Gasteiger charge is -2.26. The molecule has 0 radical (unpaired) electrons. The summed E-state index contributed by atoms with van der Waals surface area (Å²) < 4.78 is 1.84. The molecule has 1 aliphatic carbocycles. The van der Waals surface area contributed by atoms with Gasteiger partial charge in [-0.05, 0) is 49.8 Å². The molecule has 1 aromatic carbocycles. The van der Waals surface area contributed by atoms with Crippen LogP contribution in [0.25, 0.3) is 5.69 Å². The van der Waals surface area contributed by atoms with E-state index in [2.05, 4.69) is 22.4 Å². The van der Waals surface area contributed by atoms with Crippen LogP contribution in [0.4, 0.5) is 0 Å². The van der Waals surface area contributed by atoms with Gasteiger partial charge in [0.1, 0.15) is 6.33 Å². The van der Waals surface area contributed by atoms with Crippen LogP contribution in [0.1, 0.15) is 32.6 Å². The van der Waals surface area contributed by atoms with Crippen LogP contribution in [-0.4, -0.2) is 32.5 Å². The molecular formula is C17H21ClN4OS. The zero-order valence-corrected chi connectivity index (χ0v) is 15.2. The van der Waals surface area contributed by atoms with Crippen LogP contribution in [0.15, 0.2) is 35.7 Å². The average Bonchev–Trinajstić information content (AvgIpc) is 3.04. The Morgan fingerprint density at radius 2 is 2.17 bits per heavy atom. The van der Waals surface area contributed by atoms with Crippen molar-refractivity contribution in [3.05, 3.63) is 35.6 Å². The number of halogens is 1. The Labute approximate surface area is 151 Å². The highest BCUT2D eigenvalue weighted by atomic mass is 35.5. The van der Waals surface area contributed by atoms with E-state index in [9.17, 15) is 4.79 Å². The van der Waals surface area contributed by atoms with E-state index in [-0.39, 0.29) is 5.91 Å². The van der Waals surface area contributed by atoms with Gasteiger partial charge in [-0.25, -0.2) is 0 Å². The monoisotopic (exact) mass is 364 g/mol. The summed E-state index contributed by atoms with van der Waals surface area (Å²) in [5.41, 5.74) is 0.886. The third kappa shape index (κ3) is 4.51. The van der Waals surface area contributed by atoms with Crippen LogP contribution in [0.3, 0.4) is 0 Å². The minimum atomic E-state index is 0.0557. The topological polar surface area (TPSA) is 59.8 Å². The van der Waals surface area contributed by atoms with Crippen LogP contribution in [0, 0.1) is 5.92 Å². The Morgan fingerprint density at radius 1 is 1.38 bits per heavy atom. The summed E-state index contributed by atoms with van der Waals surface area (Å²) in [6.45, 7) is 2.27. The van der Waals surface area contributed by atoms with Gasteiger partial charge in [0.25, 0.3) is 0 Å². The number of aromatic nitrogens is 3. The van der Waals surface area contributed by atoms with Gasteiger partial charge in [0.05, 0.1) is 11.4 Å². The highest BCUT2D eigenvalue weighted by Gasteiger charge is 2.20. The number of nitrogens with zero attached hydrogens (tertiary/aromatic N) is 3. The maximum atomic E-state index is 12.2. The van der Waals surface area contributed by atoms with Crippen molar-refractivity contribution < 1.29 is 4.79 Å². The molecule has 1 fully saturated rings. The third-order valence-corrected chi connectivity index (χ3v) is 5.49.